The molecule has 0 fully saturated rings. The highest BCUT2D eigenvalue weighted by Crippen LogP contribution is 2.04. The van der Waals surface area contributed by atoms with E-state index in [1.165, 1.54) is 0 Å². The van der Waals surface area contributed by atoms with Crippen molar-refractivity contribution in [3.8, 4) is 0 Å². The Morgan fingerprint density at radius 2 is 2.10 bits per heavy atom. The molecule has 0 saturated heterocycles. The van der Waals surface area contributed by atoms with Crippen molar-refractivity contribution < 1.29 is 4.79 Å². The number of rotatable bonds is 6. The number of H-pyrrole nitrogens is 1. The van der Waals surface area contributed by atoms with Crippen molar-refractivity contribution in [2.75, 3.05) is 7.05 Å². The van der Waals surface area contributed by atoms with E-state index in [2.05, 4.69) is 15.5 Å². The molecular formula is C15H20N4O. The van der Waals surface area contributed by atoms with Gasteiger partial charge in [-0.1, -0.05) is 30.3 Å². The summed E-state index contributed by atoms with van der Waals surface area (Å²) in [5.41, 5.74) is 2.10. The molecule has 0 aliphatic heterocycles. The fraction of sp³-hybridized carbons (Fsp3) is 0.333. The highest BCUT2D eigenvalue weighted by Gasteiger charge is 2.18. The zero-order chi connectivity index (χ0) is 14.4. The second kappa shape index (κ2) is 6.86. The van der Waals surface area contributed by atoms with Crippen LogP contribution in [-0.4, -0.2) is 34.1 Å². The summed E-state index contributed by atoms with van der Waals surface area (Å²) in [6.07, 6.45) is 1.71. The molecule has 2 N–H and O–H groups in total. The van der Waals surface area contributed by atoms with Crippen molar-refractivity contribution in [2.45, 2.75) is 26.1 Å². The average molecular weight is 272 g/mol. The Kier molecular flexibility index (Phi) is 4.90. The van der Waals surface area contributed by atoms with E-state index in [0.717, 1.165) is 11.3 Å². The summed E-state index contributed by atoms with van der Waals surface area (Å²) in [4.78, 5) is 14.1. The van der Waals surface area contributed by atoms with Crippen LogP contribution in [0.1, 0.15) is 18.2 Å². The fourth-order valence-electron chi connectivity index (χ4n) is 1.91. The van der Waals surface area contributed by atoms with Gasteiger partial charge in [-0.3, -0.25) is 14.8 Å². The Morgan fingerprint density at radius 3 is 2.75 bits per heavy atom. The Morgan fingerprint density at radius 1 is 1.35 bits per heavy atom. The van der Waals surface area contributed by atoms with Gasteiger partial charge in [0.1, 0.15) is 0 Å². The van der Waals surface area contributed by atoms with Gasteiger partial charge in [0, 0.05) is 25.0 Å². The molecule has 5 nitrogen and oxygen atoms in total. The molecule has 106 valence electrons. The number of aromatic nitrogens is 2. The van der Waals surface area contributed by atoms with Gasteiger partial charge in [0.05, 0.1) is 6.04 Å². The van der Waals surface area contributed by atoms with E-state index in [1.807, 2.05) is 55.3 Å². The summed E-state index contributed by atoms with van der Waals surface area (Å²) < 4.78 is 0. The smallest absolute Gasteiger partial charge is 0.237 e. The zero-order valence-electron chi connectivity index (χ0n) is 11.8. The van der Waals surface area contributed by atoms with Crippen LogP contribution in [0.4, 0.5) is 0 Å². The van der Waals surface area contributed by atoms with Crippen molar-refractivity contribution in [3.05, 3.63) is 53.9 Å². The lowest BCUT2D eigenvalue weighted by molar-refractivity contribution is -0.125. The van der Waals surface area contributed by atoms with Gasteiger partial charge < -0.3 is 5.32 Å². The van der Waals surface area contributed by atoms with Gasteiger partial charge in [0.15, 0.2) is 0 Å². The Labute approximate surface area is 119 Å². The predicted molar refractivity (Wildman–Crippen MR) is 77.8 cm³/mol. The third kappa shape index (κ3) is 3.93. The lowest BCUT2D eigenvalue weighted by Crippen LogP contribution is -2.42. The molecule has 2 rings (SSSR count). The van der Waals surface area contributed by atoms with E-state index >= 15 is 0 Å². The molecule has 0 bridgehead atoms. The number of carbonyl (C=O) groups is 1. The van der Waals surface area contributed by atoms with Gasteiger partial charge in [-0.15, -0.1) is 0 Å². The molecule has 0 spiro atoms. The quantitative estimate of drug-likeness (QED) is 0.838. The molecule has 20 heavy (non-hydrogen) atoms. The first-order valence-corrected chi connectivity index (χ1v) is 6.67. The number of nitrogens with one attached hydrogen (secondary N) is 2. The van der Waals surface area contributed by atoms with E-state index in [4.69, 9.17) is 0 Å². The molecular weight excluding hydrogens is 252 g/mol. The molecule has 1 aromatic heterocycles. The van der Waals surface area contributed by atoms with Gasteiger partial charge in [-0.25, -0.2) is 0 Å². The summed E-state index contributed by atoms with van der Waals surface area (Å²) >= 11 is 0. The number of benzene rings is 1. The average Bonchev–Trinajstić information content (AvgIpc) is 2.98. The van der Waals surface area contributed by atoms with Gasteiger partial charge in [0.25, 0.3) is 0 Å². The fourth-order valence-corrected chi connectivity index (χ4v) is 1.91. The van der Waals surface area contributed by atoms with E-state index in [-0.39, 0.29) is 11.9 Å². The second-order valence-corrected chi connectivity index (χ2v) is 4.88. The number of aromatic amines is 1. The van der Waals surface area contributed by atoms with Crippen molar-refractivity contribution in [3.63, 3.8) is 0 Å². The molecule has 0 radical (unpaired) electrons. The molecule has 2 aromatic rings. The summed E-state index contributed by atoms with van der Waals surface area (Å²) in [7, 11) is 1.92. The van der Waals surface area contributed by atoms with E-state index < -0.39 is 0 Å². The van der Waals surface area contributed by atoms with E-state index in [9.17, 15) is 4.79 Å². The van der Waals surface area contributed by atoms with Gasteiger partial charge in [-0.05, 0) is 25.6 Å². The Hall–Kier alpha value is -2.14. The molecule has 0 saturated carbocycles. The van der Waals surface area contributed by atoms with Crippen LogP contribution in [-0.2, 0) is 17.9 Å². The minimum atomic E-state index is -0.193. The molecule has 0 aliphatic carbocycles. The predicted octanol–water partition coefficient (Wildman–Crippen LogP) is 1.55. The molecule has 0 unspecified atom stereocenters. The summed E-state index contributed by atoms with van der Waals surface area (Å²) in [6, 6.07) is 11.6. The standard InChI is InChI=1S/C15H20N4O/c1-12(19(2)11-14-8-9-17-18-14)15(20)16-10-13-6-4-3-5-7-13/h3-9,12H,10-11H2,1-2H3,(H,16,20)(H,17,18)/t12-/m0/s1. The number of carbonyl (C=O) groups excluding carboxylic acids is 1. The SMILES string of the molecule is C[C@@H](C(=O)NCc1ccccc1)N(C)Cc1ccn[nH]1. The molecule has 0 aliphatic rings. The molecule has 1 atom stereocenters. The highest BCUT2D eigenvalue weighted by molar-refractivity contribution is 5.81. The lowest BCUT2D eigenvalue weighted by atomic mass is 10.2. The lowest BCUT2D eigenvalue weighted by Gasteiger charge is -2.23. The zero-order valence-corrected chi connectivity index (χ0v) is 11.8. The van der Waals surface area contributed by atoms with Crippen LogP contribution in [0.15, 0.2) is 42.6 Å². The van der Waals surface area contributed by atoms with Gasteiger partial charge in [-0.2, -0.15) is 5.10 Å². The molecule has 1 amide bonds. The maximum atomic E-state index is 12.1. The van der Waals surface area contributed by atoms with Crippen molar-refractivity contribution in [2.24, 2.45) is 0 Å². The van der Waals surface area contributed by atoms with E-state index in [0.29, 0.717) is 13.1 Å². The summed E-state index contributed by atoms with van der Waals surface area (Å²) in [6.45, 7) is 3.12. The maximum Gasteiger partial charge on any atom is 0.237 e. The van der Waals surface area contributed by atoms with Crippen molar-refractivity contribution in [1.82, 2.24) is 20.4 Å². The first-order valence-electron chi connectivity index (χ1n) is 6.67. The maximum absolute atomic E-state index is 12.1. The van der Waals surface area contributed by atoms with E-state index in [1.54, 1.807) is 6.20 Å². The highest BCUT2D eigenvalue weighted by atomic mass is 16.2. The number of nitrogens with zero attached hydrogens (tertiary/aromatic N) is 2. The first kappa shape index (κ1) is 14.3. The van der Waals surface area contributed by atoms with Crippen LogP contribution in [0, 0.1) is 0 Å². The minimum absolute atomic E-state index is 0.0240. The Bertz CT molecular complexity index is 524. The normalized spacial score (nSPS) is 12.3. The Balaban J connectivity index is 1.82. The van der Waals surface area contributed by atoms with Crippen LogP contribution in [0.5, 0.6) is 0 Å². The van der Waals surface area contributed by atoms with Crippen LogP contribution < -0.4 is 5.32 Å². The van der Waals surface area contributed by atoms with Crippen LogP contribution in [0.3, 0.4) is 0 Å². The molecule has 1 aromatic carbocycles. The number of hydrogen-bond donors (Lipinski definition) is 2. The third-order valence-electron chi connectivity index (χ3n) is 3.33. The van der Waals surface area contributed by atoms with Gasteiger partial charge >= 0.3 is 0 Å². The first-order chi connectivity index (χ1) is 9.66. The molecule has 1 heterocycles. The van der Waals surface area contributed by atoms with Crippen LogP contribution in [0.2, 0.25) is 0 Å². The van der Waals surface area contributed by atoms with Crippen molar-refractivity contribution >= 4 is 5.91 Å². The van der Waals surface area contributed by atoms with Crippen LogP contribution in [0.25, 0.3) is 0 Å². The summed E-state index contributed by atoms with van der Waals surface area (Å²) in [5, 5.41) is 9.75. The number of amides is 1. The molecule has 5 heteroatoms. The monoisotopic (exact) mass is 272 g/mol. The number of hydrogen-bond acceptors (Lipinski definition) is 3. The largest absolute Gasteiger partial charge is 0.351 e. The van der Waals surface area contributed by atoms with Crippen LogP contribution >= 0.6 is 0 Å². The second-order valence-electron chi connectivity index (χ2n) is 4.88. The summed E-state index contributed by atoms with van der Waals surface area (Å²) in [5.74, 6) is 0.0240. The van der Waals surface area contributed by atoms with Gasteiger partial charge in [0.2, 0.25) is 5.91 Å². The van der Waals surface area contributed by atoms with Crippen molar-refractivity contribution in [1.29, 1.82) is 0 Å². The minimum Gasteiger partial charge on any atom is -0.351 e. The third-order valence-corrected chi connectivity index (χ3v) is 3.33. The number of likely N-dealkylation sites (N-methyl/N-ethyl adjacent to an activating group) is 1. The topological polar surface area (TPSA) is 61.0 Å².